The number of aliphatic hydroxyl groups is 1. The fourth-order valence-electron chi connectivity index (χ4n) is 1.32. The molecule has 0 bridgehead atoms. The van der Waals surface area contributed by atoms with Gasteiger partial charge in [-0.25, -0.2) is 0 Å². The minimum absolute atomic E-state index is 0.00613. The fourth-order valence-corrected chi connectivity index (χ4v) is 1.32. The van der Waals surface area contributed by atoms with Gasteiger partial charge in [0.25, 0.3) is 0 Å². The Labute approximate surface area is 70.6 Å². The Bertz CT molecular complexity index is 136. The van der Waals surface area contributed by atoms with E-state index in [0.717, 1.165) is 0 Å². The molecule has 1 N–H and O–H groups in total. The number of rotatable bonds is 0. The maximum absolute atomic E-state index is 11.8. The van der Waals surface area contributed by atoms with E-state index in [-0.39, 0.29) is 18.8 Å². The SMILES string of the molecule is CC.CC1CC(O)(C(F)(F)F)C1. The molecule has 0 aromatic rings. The molecule has 0 amide bonds. The normalized spacial score (nSPS) is 34.8. The van der Waals surface area contributed by atoms with Crippen LogP contribution >= 0.6 is 0 Å². The van der Waals surface area contributed by atoms with Crippen LogP contribution in [-0.2, 0) is 0 Å². The standard InChI is InChI=1S/C6H9F3O.C2H6/c1-4-2-5(10,3-4)6(7,8)9;1-2/h4,10H,2-3H2,1H3;1-2H3. The molecule has 74 valence electrons. The zero-order valence-corrected chi connectivity index (χ0v) is 7.57. The molecular formula is C8H15F3O. The highest BCUT2D eigenvalue weighted by Gasteiger charge is 2.59. The first kappa shape index (κ1) is 11.8. The van der Waals surface area contributed by atoms with Crippen LogP contribution in [0.5, 0.6) is 0 Å². The smallest absolute Gasteiger partial charge is 0.380 e. The van der Waals surface area contributed by atoms with Gasteiger partial charge >= 0.3 is 6.18 Å². The van der Waals surface area contributed by atoms with Crippen molar-refractivity contribution in [2.45, 2.75) is 45.4 Å². The minimum atomic E-state index is -4.43. The first-order valence-corrected chi connectivity index (χ1v) is 4.14. The Morgan fingerprint density at radius 2 is 1.58 bits per heavy atom. The molecule has 4 heteroatoms. The molecule has 1 aliphatic carbocycles. The second kappa shape index (κ2) is 3.64. The lowest BCUT2D eigenvalue weighted by Crippen LogP contribution is -2.54. The molecule has 0 spiro atoms. The summed E-state index contributed by atoms with van der Waals surface area (Å²) in [5.74, 6) is 0.00613. The summed E-state index contributed by atoms with van der Waals surface area (Å²) in [6.07, 6.45) is -4.72. The summed E-state index contributed by atoms with van der Waals surface area (Å²) in [6.45, 7) is 5.69. The quantitative estimate of drug-likeness (QED) is 0.613. The molecule has 0 aromatic heterocycles. The van der Waals surface area contributed by atoms with Crippen molar-refractivity contribution in [3.05, 3.63) is 0 Å². The third kappa shape index (κ3) is 2.12. The zero-order valence-electron chi connectivity index (χ0n) is 7.57. The maximum Gasteiger partial charge on any atom is 0.417 e. The van der Waals surface area contributed by atoms with E-state index in [9.17, 15) is 13.2 Å². The van der Waals surface area contributed by atoms with E-state index in [1.54, 1.807) is 6.92 Å². The lowest BCUT2D eigenvalue weighted by molar-refractivity contribution is -0.297. The molecule has 0 radical (unpaired) electrons. The van der Waals surface area contributed by atoms with Crippen LogP contribution in [0.3, 0.4) is 0 Å². The Balaban J connectivity index is 0.000000561. The van der Waals surface area contributed by atoms with E-state index in [1.165, 1.54) is 0 Å². The molecule has 0 heterocycles. The summed E-state index contributed by atoms with van der Waals surface area (Å²) >= 11 is 0. The number of hydrogen-bond acceptors (Lipinski definition) is 1. The molecule has 0 unspecified atom stereocenters. The first-order valence-electron chi connectivity index (χ1n) is 4.14. The molecule has 1 aliphatic rings. The topological polar surface area (TPSA) is 20.2 Å². The number of halogens is 3. The number of alkyl halides is 3. The summed E-state index contributed by atoms with van der Waals surface area (Å²) in [6, 6.07) is 0. The zero-order chi connectivity index (χ0) is 9.99. The van der Waals surface area contributed by atoms with E-state index in [4.69, 9.17) is 5.11 Å². The van der Waals surface area contributed by atoms with Crippen molar-refractivity contribution in [3.8, 4) is 0 Å². The van der Waals surface area contributed by atoms with Crippen LogP contribution < -0.4 is 0 Å². The maximum atomic E-state index is 11.8. The van der Waals surface area contributed by atoms with E-state index in [0.29, 0.717) is 0 Å². The summed E-state index contributed by atoms with van der Waals surface area (Å²) in [4.78, 5) is 0. The molecule has 12 heavy (non-hydrogen) atoms. The van der Waals surface area contributed by atoms with E-state index < -0.39 is 11.8 Å². The highest BCUT2D eigenvalue weighted by molar-refractivity contribution is 4.97. The summed E-state index contributed by atoms with van der Waals surface area (Å²) in [5.41, 5.74) is -2.37. The van der Waals surface area contributed by atoms with Crippen molar-refractivity contribution in [2.75, 3.05) is 0 Å². The van der Waals surface area contributed by atoms with Crippen LogP contribution in [0, 0.1) is 5.92 Å². The van der Waals surface area contributed by atoms with Gasteiger partial charge in [-0.15, -0.1) is 0 Å². The van der Waals surface area contributed by atoms with Gasteiger partial charge in [0.1, 0.15) is 0 Å². The van der Waals surface area contributed by atoms with Gasteiger partial charge < -0.3 is 5.11 Å². The third-order valence-electron chi connectivity index (χ3n) is 1.90. The predicted molar refractivity (Wildman–Crippen MR) is 40.8 cm³/mol. The second-order valence-corrected chi connectivity index (χ2v) is 3.04. The molecule has 1 fully saturated rings. The largest absolute Gasteiger partial charge is 0.417 e. The highest BCUT2D eigenvalue weighted by Crippen LogP contribution is 2.48. The first-order chi connectivity index (χ1) is 5.35. The average molecular weight is 184 g/mol. The van der Waals surface area contributed by atoms with Crippen molar-refractivity contribution in [2.24, 2.45) is 5.92 Å². The van der Waals surface area contributed by atoms with E-state index in [2.05, 4.69) is 0 Å². The Kier molecular flexibility index (Phi) is 3.57. The summed E-state index contributed by atoms with van der Waals surface area (Å²) in [7, 11) is 0. The number of hydrogen-bond donors (Lipinski definition) is 1. The van der Waals surface area contributed by atoms with Crippen LogP contribution in [0.2, 0.25) is 0 Å². The van der Waals surface area contributed by atoms with Gasteiger partial charge in [0.15, 0.2) is 5.60 Å². The second-order valence-electron chi connectivity index (χ2n) is 3.04. The van der Waals surface area contributed by atoms with Crippen molar-refractivity contribution in [3.63, 3.8) is 0 Å². The predicted octanol–water partition coefficient (Wildman–Crippen LogP) is 2.74. The lowest BCUT2D eigenvalue weighted by atomic mass is 9.71. The molecule has 1 rings (SSSR count). The van der Waals surface area contributed by atoms with E-state index >= 15 is 0 Å². The average Bonchev–Trinajstić information content (AvgIpc) is 1.87. The van der Waals surface area contributed by atoms with Crippen LogP contribution in [0.15, 0.2) is 0 Å². The minimum Gasteiger partial charge on any atom is -0.380 e. The highest BCUT2D eigenvalue weighted by atomic mass is 19.4. The van der Waals surface area contributed by atoms with Crippen molar-refractivity contribution in [1.29, 1.82) is 0 Å². The monoisotopic (exact) mass is 184 g/mol. The van der Waals surface area contributed by atoms with Gasteiger partial charge in [-0.2, -0.15) is 13.2 Å². The fraction of sp³-hybridized carbons (Fsp3) is 1.00. The van der Waals surface area contributed by atoms with Gasteiger partial charge in [-0.3, -0.25) is 0 Å². The van der Waals surface area contributed by atoms with Crippen molar-refractivity contribution < 1.29 is 18.3 Å². The molecule has 0 aliphatic heterocycles. The third-order valence-corrected chi connectivity index (χ3v) is 1.90. The summed E-state index contributed by atoms with van der Waals surface area (Å²) in [5, 5.41) is 8.79. The van der Waals surface area contributed by atoms with Gasteiger partial charge in [0.2, 0.25) is 0 Å². The Morgan fingerprint density at radius 1 is 1.25 bits per heavy atom. The van der Waals surface area contributed by atoms with E-state index in [1.807, 2.05) is 13.8 Å². The lowest BCUT2D eigenvalue weighted by Gasteiger charge is -2.42. The van der Waals surface area contributed by atoms with Crippen LogP contribution in [-0.4, -0.2) is 16.9 Å². The van der Waals surface area contributed by atoms with Gasteiger partial charge in [0, 0.05) is 0 Å². The van der Waals surface area contributed by atoms with Gasteiger partial charge in [-0.1, -0.05) is 20.8 Å². The van der Waals surface area contributed by atoms with Gasteiger partial charge in [-0.05, 0) is 18.8 Å². The van der Waals surface area contributed by atoms with Crippen LogP contribution in [0.4, 0.5) is 13.2 Å². The molecule has 0 atom stereocenters. The van der Waals surface area contributed by atoms with Crippen LogP contribution in [0.25, 0.3) is 0 Å². The molecular weight excluding hydrogens is 169 g/mol. The summed E-state index contributed by atoms with van der Waals surface area (Å²) < 4.78 is 35.4. The Hall–Kier alpha value is -0.250. The van der Waals surface area contributed by atoms with Crippen LogP contribution in [0.1, 0.15) is 33.6 Å². The Morgan fingerprint density at radius 3 is 1.67 bits per heavy atom. The molecule has 1 nitrogen and oxygen atoms in total. The molecule has 1 saturated carbocycles. The molecule has 0 aromatic carbocycles. The van der Waals surface area contributed by atoms with Gasteiger partial charge in [0.05, 0.1) is 0 Å². The van der Waals surface area contributed by atoms with Crippen molar-refractivity contribution in [1.82, 2.24) is 0 Å². The molecule has 0 saturated heterocycles. The van der Waals surface area contributed by atoms with Crippen molar-refractivity contribution >= 4 is 0 Å².